The molecule has 2 fully saturated rings. The summed E-state index contributed by atoms with van der Waals surface area (Å²) in [6.07, 6.45) is 6.92. The number of hydrogen-bond donors (Lipinski definition) is 2. The van der Waals surface area contributed by atoms with E-state index in [4.69, 9.17) is 9.84 Å². The van der Waals surface area contributed by atoms with Crippen LogP contribution in [0.4, 0.5) is 14.5 Å². The second-order valence-electron chi connectivity index (χ2n) is 7.67. The lowest BCUT2D eigenvalue weighted by Gasteiger charge is -2.34. The number of halogens is 2. The first-order valence-electron chi connectivity index (χ1n) is 9.66. The maximum absolute atomic E-state index is 12.5. The molecule has 0 unspecified atom stereocenters. The summed E-state index contributed by atoms with van der Waals surface area (Å²) < 4.78 is 30.3. The topological polar surface area (TPSA) is 84.3 Å². The molecule has 2 aromatic rings. The van der Waals surface area contributed by atoms with E-state index in [0.29, 0.717) is 5.75 Å². The molecule has 156 valence electrons. The van der Waals surface area contributed by atoms with Crippen molar-refractivity contribution in [3.8, 4) is 5.75 Å². The van der Waals surface area contributed by atoms with E-state index in [1.165, 1.54) is 31.3 Å². The van der Waals surface area contributed by atoms with Crippen LogP contribution in [0.25, 0.3) is 0 Å². The van der Waals surface area contributed by atoms with Crippen molar-refractivity contribution in [2.75, 3.05) is 18.5 Å². The fourth-order valence-electron chi connectivity index (χ4n) is 2.89. The molecular weight excluding hydrogens is 380 g/mol. The summed E-state index contributed by atoms with van der Waals surface area (Å²) >= 11 is 0. The standard InChI is InChI=1S/C11H11F2NO3.C10H14N2/c12-11(13)2-7(3-11)6-17-9-1-8(10(15)16)4-14-5-9;1-8-2-5-10(7-11-8)12-6-9-3-4-9/h1,4-5,7H,2-3,6H2,(H,15,16);2,5,7,9,12H,3-4,6H2,1H3. The lowest BCUT2D eigenvalue weighted by Crippen LogP contribution is -2.38. The lowest BCUT2D eigenvalue weighted by molar-refractivity contribution is -0.119. The Morgan fingerprint density at radius 1 is 1.24 bits per heavy atom. The number of alkyl halides is 2. The number of hydrogen-bond acceptors (Lipinski definition) is 5. The molecule has 0 atom stereocenters. The van der Waals surface area contributed by atoms with Crippen LogP contribution < -0.4 is 10.1 Å². The van der Waals surface area contributed by atoms with E-state index in [0.717, 1.165) is 23.8 Å². The Labute approximate surface area is 168 Å². The molecule has 0 spiro atoms. The van der Waals surface area contributed by atoms with Crippen molar-refractivity contribution >= 4 is 11.7 Å². The first-order chi connectivity index (χ1) is 13.8. The molecule has 8 heteroatoms. The van der Waals surface area contributed by atoms with Crippen molar-refractivity contribution in [1.29, 1.82) is 0 Å². The predicted octanol–water partition coefficient (Wildman–Crippen LogP) is 4.42. The first kappa shape index (κ1) is 21.0. The molecule has 0 radical (unpaired) electrons. The van der Waals surface area contributed by atoms with Crippen LogP contribution in [-0.2, 0) is 0 Å². The number of ether oxygens (including phenoxy) is 1. The summed E-state index contributed by atoms with van der Waals surface area (Å²) in [6, 6.07) is 5.45. The van der Waals surface area contributed by atoms with E-state index < -0.39 is 11.9 Å². The summed E-state index contributed by atoms with van der Waals surface area (Å²) in [4.78, 5) is 18.6. The summed E-state index contributed by atoms with van der Waals surface area (Å²) in [5.74, 6) is -2.61. The Morgan fingerprint density at radius 3 is 2.59 bits per heavy atom. The molecule has 2 heterocycles. The zero-order valence-corrected chi connectivity index (χ0v) is 16.3. The minimum absolute atomic E-state index is 0.0152. The summed E-state index contributed by atoms with van der Waals surface area (Å²) in [6.45, 7) is 3.29. The number of nitrogens with zero attached hydrogens (tertiary/aromatic N) is 2. The van der Waals surface area contributed by atoms with Gasteiger partial charge in [-0.3, -0.25) is 9.97 Å². The molecular formula is C21H25F2N3O3. The van der Waals surface area contributed by atoms with Crippen LogP contribution in [0.3, 0.4) is 0 Å². The molecule has 4 rings (SSSR count). The van der Waals surface area contributed by atoms with Gasteiger partial charge in [-0.2, -0.15) is 0 Å². The van der Waals surface area contributed by atoms with Gasteiger partial charge in [0.25, 0.3) is 0 Å². The van der Waals surface area contributed by atoms with Gasteiger partial charge in [-0.15, -0.1) is 0 Å². The number of aryl methyl sites for hydroxylation is 1. The third-order valence-electron chi connectivity index (χ3n) is 4.82. The number of carbonyl (C=O) groups is 1. The average Bonchev–Trinajstić information content (AvgIpc) is 3.49. The van der Waals surface area contributed by atoms with E-state index >= 15 is 0 Å². The molecule has 0 saturated heterocycles. The highest BCUT2D eigenvalue weighted by Crippen LogP contribution is 2.42. The highest BCUT2D eigenvalue weighted by Gasteiger charge is 2.45. The van der Waals surface area contributed by atoms with Crippen LogP contribution in [0.5, 0.6) is 5.75 Å². The summed E-state index contributed by atoms with van der Waals surface area (Å²) in [5.41, 5.74) is 2.24. The fraction of sp³-hybridized carbons (Fsp3) is 0.476. The van der Waals surface area contributed by atoms with Gasteiger partial charge < -0.3 is 15.2 Å². The van der Waals surface area contributed by atoms with Crippen molar-refractivity contribution in [2.24, 2.45) is 11.8 Å². The molecule has 29 heavy (non-hydrogen) atoms. The molecule has 0 amide bonds. The van der Waals surface area contributed by atoms with Gasteiger partial charge in [0, 0.05) is 37.2 Å². The minimum Gasteiger partial charge on any atom is -0.492 e. The van der Waals surface area contributed by atoms with E-state index in [1.807, 2.05) is 19.2 Å². The van der Waals surface area contributed by atoms with Crippen LogP contribution in [0.1, 0.15) is 41.7 Å². The number of carboxylic acids is 1. The number of anilines is 1. The maximum Gasteiger partial charge on any atom is 0.337 e. The van der Waals surface area contributed by atoms with Gasteiger partial charge >= 0.3 is 5.97 Å². The van der Waals surface area contributed by atoms with Crippen molar-refractivity contribution in [1.82, 2.24) is 9.97 Å². The largest absolute Gasteiger partial charge is 0.492 e. The lowest BCUT2D eigenvalue weighted by atomic mass is 9.82. The fourth-order valence-corrected chi connectivity index (χ4v) is 2.89. The van der Waals surface area contributed by atoms with Gasteiger partial charge in [0.1, 0.15) is 5.75 Å². The second kappa shape index (κ2) is 9.15. The highest BCUT2D eigenvalue weighted by molar-refractivity contribution is 5.87. The monoisotopic (exact) mass is 405 g/mol. The van der Waals surface area contributed by atoms with E-state index in [1.54, 1.807) is 0 Å². The second-order valence-corrected chi connectivity index (χ2v) is 7.67. The third kappa shape index (κ3) is 6.96. The Hall–Kier alpha value is -2.77. The summed E-state index contributed by atoms with van der Waals surface area (Å²) in [5, 5.41) is 12.1. The Morgan fingerprint density at radius 2 is 2.00 bits per heavy atom. The first-order valence-corrected chi connectivity index (χ1v) is 9.66. The minimum atomic E-state index is -2.56. The van der Waals surface area contributed by atoms with Gasteiger partial charge in [-0.1, -0.05) is 0 Å². The van der Waals surface area contributed by atoms with Gasteiger partial charge in [0.05, 0.1) is 30.3 Å². The number of carboxylic acid groups (broad SMARTS) is 1. The Balaban J connectivity index is 0.000000176. The van der Waals surface area contributed by atoms with Gasteiger partial charge in [0.2, 0.25) is 5.92 Å². The molecule has 0 bridgehead atoms. The number of rotatable bonds is 7. The van der Waals surface area contributed by atoms with E-state index in [9.17, 15) is 13.6 Å². The number of aromatic carboxylic acids is 1. The van der Waals surface area contributed by atoms with Crippen molar-refractivity contribution in [2.45, 2.75) is 38.5 Å². The van der Waals surface area contributed by atoms with Crippen LogP contribution in [-0.4, -0.2) is 40.1 Å². The third-order valence-corrected chi connectivity index (χ3v) is 4.82. The molecule has 2 aromatic heterocycles. The van der Waals surface area contributed by atoms with Crippen LogP contribution in [0.15, 0.2) is 36.8 Å². The van der Waals surface area contributed by atoms with Crippen molar-refractivity contribution in [3.05, 3.63) is 48.0 Å². The van der Waals surface area contributed by atoms with Gasteiger partial charge in [-0.05, 0) is 43.9 Å². The Bertz CT molecular complexity index is 818. The van der Waals surface area contributed by atoms with Crippen molar-refractivity contribution in [3.63, 3.8) is 0 Å². The zero-order valence-electron chi connectivity index (χ0n) is 16.3. The van der Waals surface area contributed by atoms with Crippen molar-refractivity contribution < 1.29 is 23.4 Å². The number of pyridine rings is 2. The molecule has 2 aliphatic carbocycles. The zero-order chi connectivity index (χ0) is 20.9. The molecule has 0 aliphatic heterocycles. The molecule has 0 aromatic carbocycles. The van der Waals surface area contributed by atoms with E-state index in [2.05, 4.69) is 21.4 Å². The predicted molar refractivity (Wildman–Crippen MR) is 105 cm³/mol. The van der Waals surface area contributed by atoms with Crippen LogP contribution in [0, 0.1) is 18.8 Å². The molecule has 6 nitrogen and oxygen atoms in total. The quantitative estimate of drug-likeness (QED) is 0.710. The molecule has 2 N–H and O–H groups in total. The highest BCUT2D eigenvalue weighted by atomic mass is 19.3. The van der Waals surface area contributed by atoms with Crippen LogP contribution >= 0.6 is 0 Å². The average molecular weight is 405 g/mol. The number of aromatic nitrogens is 2. The summed E-state index contributed by atoms with van der Waals surface area (Å²) in [7, 11) is 0. The Kier molecular flexibility index (Phi) is 6.61. The van der Waals surface area contributed by atoms with Gasteiger partial charge in [0.15, 0.2) is 0 Å². The van der Waals surface area contributed by atoms with E-state index in [-0.39, 0.29) is 30.9 Å². The molecule has 2 aliphatic rings. The smallest absolute Gasteiger partial charge is 0.337 e. The molecule has 2 saturated carbocycles. The van der Waals surface area contributed by atoms with Crippen LogP contribution in [0.2, 0.25) is 0 Å². The maximum atomic E-state index is 12.5. The SMILES string of the molecule is Cc1ccc(NCC2CC2)cn1.O=C(O)c1cncc(OCC2CC(F)(F)C2)c1. The van der Waals surface area contributed by atoms with Gasteiger partial charge in [-0.25, -0.2) is 13.6 Å². The normalized spacial score (nSPS) is 17.5. The number of nitrogens with one attached hydrogen (secondary N) is 1.